The Balaban J connectivity index is 1.22. The molecule has 0 saturated carbocycles. The summed E-state index contributed by atoms with van der Waals surface area (Å²) in [4.78, 5) is 19.6. The number of nitrogens with one attached hydrogen (secondary N) is 1. The Bertz CT molecular complexity index is 1100. The third kappa shape index (κ3) is 7.39. The smallest absolute Gasteiger partial charge is 0.241 e. The van der Waals surface area contributed by atoms with Gasteiger partial charge in [-0.05, 0) is 62.4 Å². The van der Waals surface area contributed by atoms with Crippen LogP contribution in [-0.2, 0) is 17.8 Å². The molecular formula is C27H33BrN4O3. The van der Waals surface area contributed by atoms with E-state index in [4.69, 9.17) is 9.26 Å². The molecule has 35 heavy (non-hydrogen) atoms. The number of carbonyl (C=O) groups is 1. The minimum atomic E-state index is -0.0172. The van der Waals surface area contributed by atoms with E-state index in [1.54, 1.807) is 0 Å². The lowest BCUT2D eigenvalue weighted by atomic mass is 9.97. The molecule has 4 rings (SSSR count). The van der Waals surface area contributed by atoms with Crippen LogP contribution in [0.2, 0.25) is 0 Å². The van der Waals surface area contributed by atoms with Crippen LogP contribution in [0.1, 0.15) is 44.1 Å². The molecule has 1 fully saturated rings. The Morgan fingerprint density at radius 1 is 1.26 bits per heavy atom. The quantitative estimate of drug-likeness (QED) is 0.334. The highest BCUT2D eigenvalue weighted by molar-refractivity contribution is 9.10. The second-order valence-corrected chi connectivity index (χ2v) is 9.86. The Morgan fingerprint density at radius 2 is 2.14 bits per heavy atom. The molecule has 1 unspecified atom stereocenters. The predicted molar refractivity (Wildman–Crippen MR) is 139 cm³/mol. The molecule has 0 radical (unpaired) electrons. The third-order valence-corrected chi connectivity index (χ3v) is 6.64. The van der Waals surface area contributed by atoms with Crippen LogP contribution < -0.4 is 10.1 Å². The van der Waals surface area contributed by atoms with Crippen molar-refractivity contribution in [2.24, 2.45) is 5.92 Å². The molecule has 2 heterocycles. The lowest BCUT2D eigenvalue weighted by Gasteiger charge is -2.30. The molecule has 186 valence electrons. The van der Waals surface area contributed by atoms with E-state index in [1.807, 2.05) is 42.5 Å². The largest absolute Gasteiger partial charge is 0.493 e. The Hall–Kier alpha value is -2.71. The molecule has 1 N–H and O–H groups in total. The SMILES string of the molecule is CCCOc1ccccc1CCCNC(=O)C1CCCN(Cc2nc(-c3cccc(Br)c3)no2)C1. The zero-order valence-electron chi connectivity index (χ0n) is 20.2. The molecule has 0 bridgehead atoms. The fourth-order valence-electron chi connectivity index (χ4n) is 4.37. The summed E-state index contributed by atoms with van der Waals surface area (Å²) in [5.41, 5.74) is 2.10. The van der Waals surface area contributed by atoms with Crippen molar-refractivity contribution in [2.75, 3.05) is 26.2 Å². The van der Waals surface area contributed by atoms with Gasteiger partial charge in [-0.1, -0.05) is 58.3 Å². The number of ether oxygens (including phenoxy) is 1. The van der Waals surface area contributed by atoms with Gasteiger partial charge in [-0.3, -0.25) is 9.69 Å². The summed E-state index contributed by atoms with van der Waals surface area (Å²) in [6.45, 7) is 5.67. The van der Waals surface area contributed by atoms with Crippen LogP contribution in [0, 0.1) is 5.92 Å². The summed E-state index contributed by atoms with van der Waals surface area (Å²) in [5.74, 6) is 2.22. The first-order valence-corrected chi connectivity index (χ1v) is 13.2. The van der Waals surface area contributed by atoms with Gasteiger partial charge in [0.1, 0.15) is 5.75 Å². The van der Waals surface area contributed by atoms with E-state index < -0.39 is 0 Å². The fraction of sp³-hybridized carbons (Fsp3) is 0.444. The zero-order valence-corrected chi connectivity index (χ0v) is 21.8. The van der Waals surface area contributed by atoms with Crippen molar-refractivity contribution in [1.82, 2.24) is 20.4 Å². The lowest BCUT2D eigenvalue weighted by molar-refractivity contribution is -0.126. The molecular weight excluding hydrogens is 508 g/mol. The number of hydrogen-bond donors (Lipinski definition) is 1. The van der Waals surface area contributed by atoms with Crippen molar-refractivity contribution in [3.05, 3.63) is 64.5 Å². The number of hydrogen-bond acceptors (Lipinski definition) is 6. The van der Waals surface area contributed by atoms with Gasteiger partial charge in [-0.25, -0.2) is 0 Å². The molecule has 8 heteroatoms. The monoisotopic (exact) mass is 540 g/mol. The Labute approximate surface area is 215 Å². The number of rotatable bonds is 11. The molecule has 1 saturated heterocycles. The second kappa shape index (κ2) is 12.8. The fourth-order valence-corrected chi connectivity index (χ4v) is 4.77. The molecule has 1 atom stereocenters. The number of benzene rings is 2. The molecule has 2 aromatic carbocycles. The Morgan fingerprint density at radius 3 is 3.00 bits per heavy atom. The minimum Gasteiger partial charge on any atom is -0.493 e. The number of aryl methyl sites for hydroxylation is 1. The lowest BCUT2D eigenvalue weighted by Crippen LogP contribution is -2.43. The molecule has 1 aromatic heterocycles. The maximum Gasteiger partial charge on any atom is 0.241 e. The van der Waals surface area contributed by atoms with Gasteiger partial charge in [0.15, 0.2) is 0 Å². The maximum absolute atomic E-state index is 12.8. The van der Waals surface area contributed by atoms with Crippen LogP contribution in [0.4, 0.5) is 0 Å². The first kappa shape index (κ1) is 25.4. The third-order valence-electron chi connectivity index (χ3n) is 6.14. The number of amides is 1. The van der Waals surface area contributed by atoms with Crippen molar-refractivity contribution in [3.63, 3.8) is 0 Å². The van der Waals surface area contributed by atoms with Crippen LogP contribution in [0.25, 0.3) is 11.4 Å². The number of halogens is 1. The summed E-state index contributed by atoms with van der Waals surface area (Å²) < 4.78 is 12.3. The number of carbonyl (C=O) groups excluding carboxylic acids is 1. The second-order valence-electron chi connectivity index (χ2n) is 8.95. The molecule has 0 aliphatic carbocycles. The van der Waals surface area contributed by atoms with Crippen LogP contribution in [0.3, 0.4) is 0 Å². The van der Waals surface area contributed by atoms with E-state index in [2.05, 4.69) is 49.3 Å². The van der Waals surface area contributed by atoms with Crippen molar-refractivity contribution < 1.29 is 14.1 Å². The first-order chi connectivity index (χ1) is 17.1. The average molecular weight is 541 g/mol. The van der Waals surface area contributed by atoms with Gasteiger partial charge in [0.2, 0.25) is 17.6 Å². The number of nitrogens with zero attached hydrogens (tertiary/aromatic N) is 3. The van der Waals surface area contributed by atoms with Crippen molar-refractivity contribution >= 4 is 21.8 Å². The standard InChI is InChI=1S/C27H33BrN4O3/c1-2-16-34-24-13-4-3-8-20(24)10-6-14-29-27(33)22-11-7-15-32(18-22)19-25-30-26(31-35-25)21-9-5-12-23(28)17-21/h3-5,8-9,12-13,17,22H,2,6-7,10-11,14-16,18-19H2,1H3,(H,29,33). The highest BCUT2D eigenvalue weighted by Crippen LogP contribution is 2.23. The molecule has 7 nitrogen and oxygen atoms in total. The maximum atomic E-state index is 12.8. The van der Waals surface area contributed by atoms with Gasteiger partial charge >= 0.3 is 0 Å². The number of para-hydroxylation sites is 1. The summed E-state index contributed by atoms with van der Waals surface area (Å²) in [6.07, 6.45) is 4.64. The van der Waals surface area contributed by atoms with Gasteiger partial charge < -0.3 is 14.6 Å². The van der Waals surface area contributed by atoms with Gasteiger partial charge in [0.05, 0.1) is 19.1 Å². The first-order valence-electron chi connectivity index (χ1n) is 12.4. The molecule has 3 aromatic rings. The van der Waals surface area contributed by atoms with Crippen molar-refractivity contribution in [2.45, 2.75) is 45.6 Å². The summed E-state index contributed by atoms with van der Waals surface area (Å²) in [7, 11) is 0. The minimum absolute atomic E-state index is 0.0172. The van der Waals surface area contributed by atoms with E-state index in [0.29, 0.717) is 31.3 Å². The van der Waals surface area contributed by atoms with Gasteiger partial charge in [0.25, 0.3) is 0 Å². The van der Waals surface area contributed by atoms with E-state index in [9.17, 15) is 4.79 Å². The summed E-state index contributed by atoms with van der Waals surface area (Å²) >= 11 is 3.47. The van der Waals surface area contributed by atoms with Crippen molar-refractivity contribution in [1.29, 1.82) is 0 Å². The molecule has 0 spiro atoms. The van der Waals surface area contributed by atoms with E-state index in [1.165, 1.54) is 5.56 Å². The highest BCUT2D eigenvalue weighted by Gasteiger charge is 2.26. The van der Waals surface area contributed by atoms with Crippen LogP contribution in [0.5, 0.6) is 5.75 Å². The number of piperidine rings is 1. The van der Waals surface area contributed by atoms with Gasteiger partial charge in [0, 0.05) is 23.1 Å². The molecule has 1 aliphatic heterocycles. The summed E-state index contributed by atoms with van der Waals surface area (Å²) in [5, 5.41) is 7.26. The van der Waals surface area contributed by atoms with Gasteiger partial charge in [-0.2, -0.15) is 4.98 Å². The highest BCUT2D eigenvalue weighted by atomic mass is 79.9. The Kier molecular flexibility index (Phi) is 9.31. The van der Waals surface area contributed by atoms with Crippen LogP contribution >= 0.6 is 15.9 Å². The average Bonchev–Trinajstić information content (AvgIpc) is 3.34. The normalized spacial score (nSPS) is 16.2. The van der Waals surface area contributed by atoms with Gasteiger partial charge in [-0.15, -0.1) is 0 Å². The van der Waals surface area contributed by atoms with E-state index in [0.717, 1.165) is 61.0 Å². The molecule has 1 amide bonds. The number of likely N-dealkylation sites (tertiary alicyclic amines) is 1. The topological polar surface area (TPSA) is 80.5 Å². The summed E-state index contributed by atoms with van der Waals surface area (Å²) in [6, 6.07) is 16.0. The van der Waals surface area contributed by atoms with Crippen LogP contribution in [-0.4, -0.2) is 47.2 Å². The number of aromatic nitrogens is 2. The van der Waals surface area contributed by atoms with E-state index >= 15 is 0 Å². The van der Waals surface area contributed by atoms with Crippen molar-refractivity contribution in [3.8, 4) is 17.1 Å². The zero-order chi connectivity index (χ0) is 24.5. The van der Waals surface area contributed by atoms with E-state index in [-0.39, 0.29) is 11.8 Å². The predicted octanol–water partition coefficient (Wildman–Crippen LogP) is 5.25. The van der Waals surface area contributed by atoms with Crippen LogP contribution in [0.15, 0.2) is 57.5 Å². The molecule has 1 aliphatic rings.